The Labute approximate surface area is 329 Å². The molecule has 7 aromatic rings. The van der Waals surface area contributed by atoms with Crippen molar-refractivity contribution in [1.29, 1.82) is 0 Å². The molecule has 0 aliphatic heterocycles. The number of aryl methyl sites for hydroxylation is 3. The average molecular weight is 793 g/mol. The van der Waals surface area contributed by atoms with Crippen LogP contribution in [0.4, 0.5) is 0 Å². The molecule has 0 spiro atoms. The summed E-state index contributed by atoms with van der Waals surface area (Å²) < 4.78 is 11.1. The molecule has 6 heteroatoms. The van der Waals surface area contributed by atoms with E-state index in [4.69, 9.17) is 14.8 Å². The molecule has 0 aliphatic carbocycles. The molecule has 4 aromatic carbocycles. The molecule has 3 aromatic heterocycles. The van der Waals surface area contributed by atoms with Gasteiger partial charge in [0.15, 0.2) is 0 Å². The van der Waals surface area contributed by atoms with Crippen LogP contribution in [0.2, 0.25) is 0 Å². The van der Waals surface area contributed by atoms with Crippen molar-refractivity contribution in [2.24, 2.45) is 5.92 Å². The summed E-state index contributed by atoms with van der Waals surface area (Å²) >= 11 is 0. The van der Waals surface area contributed by atoms with Gasteiger partial charge in [0.05, 0.1) is 5.69 Å². The molecule has 0 saturated carbocycles. The molecule has 0 saturated heterocycles. The molecular weight excluding hydrogens is 743 g/mol. The predicted molar refractivity (Wildman–Crippen MR) is 215 cm³/mol. The number of nitrogens with zero attached hydrogens (tertiary/aromatic N) is 4. The Balaban J connectivity index is 0.00000481. The Morgan fingerprint density at radius 3 is 2.23 bits per heavy atom. The van der Waals surface area contributed by atoms with Crippen LogP contribution in [0.3, 0.4) is 0 Å². The van der Waals surface area contributed by atoms with Crippen molar-refractivity contribution in [3.63, 3.8) is 0 Å². The predicted octanol–water partition coefficient (Wildman–Crippen LogP) is 12.3. The van der Waals surface area contributed by atoms with E-state index in [2.05, 4.69) is 150 Å². The van der Waals surface area contributed by atoms with Gasteiger partial charge in [-0.3, -0.25) is 4.68 Å². The van der Waals surface area contributed by atoms with Crippen LogP contribution in [0.1, 0.15) is 93.9 Å². The first-order valence-electron chi connectivity index (χ1n) is 19.0. The second-order valence-corrected chi connectivity index (χ2v) is 14.9. The number of benzene rings is 4. The SMILES string of the molecule is CCCc1nn(-c2[c-]c(Oc3[c-]c4c(cc3)c3ccccc3n4-c3cc(CC(C)C)ccn3)cc(C(C)C)c2)c(CCC)c1-c1c(C)cccc1C.[Pd+2]. The van der Waals surface area contributed by atoms with Crippen molar-refractivity contribution < 1.29 is 25.2 Å². The molecule has 0 unspecified atom stereocenters. The van der Waals surface area contributed by atoms with E-state index in [0.29, 0.717) is 17.4 Å². The number of hydrogen-bond donors (Lipinski definition) is 0. The number of para-hydroxylation sites is 1. The summed E-state index contributed by atoms with van der Waals surface area (Å²) in [6.45, 7) is 17.9. The van der Waals surface area contributed by atoms with Gasteiger partial charge in [0, 0.05) is 34.5 Å². The monoisotopic (exact) mass is 792 g/mol. The number of pyridine rings is 1. The van der Waals surface area contributed by atoms with Crippen LogP contribution >= 0.6 is 0 Å². The number of ether oxygens (including phenoxy) is 1. The molecule has 0 N–H and O–H groups in total. The van der Waals surface area contributed by atoms with Crippen LogP contribution in [0.5, 0.6) is 11.5 Å². The minimum Gasteiger partial charge on any atom is -0.509 e. The second-order valence-electron chi connectivity index (χ2n) is 14.9. The van der Waals surface area contributed by atoms with Gasteiger partial charge < -0.3 is 9.30 Å². The van der Waals surface area contributed by atoms with E-state index in [1.54, 1.807) is 0 Å². The summed E-state index contributed by atoms with van der Waals surface area (Å²) in [4.78, 5) is 4.84. The van der Waals surface area contributed by atoms with Crippen molar-refractivity contribution in [1.82, 2.24) is 19.3 Å². The van der Waals surface area contributed by atoms with Crippen molar-refractivity contribution in [3.05, 3.63) is 131 Å². The van der Waals surface area contributed by atoms with Gasteiger partial charge in [-0.2, -0.15) is 11.2 Å². The largest absolute Gasteiger partial charge is 2.00 e. The van der Waals surface area contributed by atoms with E-state index in [1.807, 2.05) is 12.3 Å². The fourth-order valence-corrected chi connectivity index (χ4v) is 7.60. The first-order valence-corrected chi connectivity index (χ1v) is 19.0. The van der Waals surface area contributed by atoms with Gasteiger partial charge in [-0.25, -0.2) is 4.98 Å². The maximum atomic E-state index is 6.72. The van der Waals surface area contributed by atoms with Crippen molar-refractivity contribution in [3.8, 4) is 34.1 Å². The van der Waals surface area contributed by atoms with Crippen molar-refractivity contribution in [2.45, 2.75) is 93.4 Å². The van der Waals surface area contributed by atoms with Crippen LogP contribution in [-0.4, -0.2) is 19.3 Å². The molecular formula is C47H50N4OPd. The molecule has 0 bridgehead atoms. The molecule has 0 aliphatic rings. The normalized spacial score (nSPS) is 11.6. The topological polar surface area (TPSA) is 44.9 Å². The molecule has 0 atom stereocenters. The Kier molecular flexibility index (Phi) is 11.7. The van der Waals surface area contributed by atoms with Crippen LogP contribution in [0.25, 0.3) is 44.4 Å². The number of fused-ring (bicyclic) bond motifs is 3. The van der Waals surface area contributed by atoms with E-state index in [1.165, 1.54) is 39.1 Å². The van der Waals surface area contributed by atoms with E-state index in [-0.39, 0.29) is 26.3 Å². The molecule has 0 fully saturated rings. The summed E-state index contributed by atoms with van der Waals surface area (Å²) in [6, 6.07) is 35.2. The maximum absolute atomic E-state index is 6.72. The maximum Gasteiger partial charge on any atom is 2.00 e. The number of hydrogen-bond acceptors (Lipinski definition) is 3. The van der Waals surface area contributed by atoms with E-state index < -0.39 is 0 Å². The fourth-order valence-electron chi connectivity index (χ4n) is 7.60. The third-order valence-corrected chi connectivity index (χ3v) is 9.97. The van der Waals surface area contributed by atoms with Gasteiger partial charge >= 0.3 is 20.4 Å². The summed E-state index contributed by atoms with van der Waals surface area (Å²) in [7, 11) is 0. The molecule has 0 radical (unpaired) electrons. The average Bonchev–Trinajstić information content (AvgIpc) is 3.63. The quantitative estimate of drug-likeness (QED) is 0.0914. The Morgan fingerprint density at radius 1 is 0.755 bits per heavy atom. The van der Waals surface area contributed by atoms with Crippen molar-refractivity contribution in [2.75, 3.05) is 0 Å². The molecule has 274 valence electrons. The minimum atomic E-state index is 0. The number of aromatic nitrogens is 4. The summed E-state index contributed by atoms with van der Waals surface area (Å²) in [5.74, 6) is 3.01. The molecule has 7 rings (SSSR count). The summed E-state index contributed by atoms with van der Waals surface area (Å²) in [5, 5.41) is 7.62. The van der Waals surface area contributed by atoms with Crippen LogP contribution in [0.15, 0.2) is 85.1 Å². The molecule has 0 amide bonds. The van der Waals surface area contributed by atoms with Crippen LogP contribution < -0.4 is 4.74 Å². The zero-order valence-electron chi connectivity index (χ0n) is 32.3. The molecule has 3 heterocycles. The molecule has 53 heavy (non-hydrogen) atoms. The number of rotatable bonds is 12. The van der Waals surface area contributed by atoms with Gasteiger partial charge in [-0.05, 0) is 96.5 Å². The first kappa shape index (κ1) is 38.2. The van der Waals surface area contributed by atoms with Gasteiger partial charge in [-0.1, -0.05) is 96.3 Å². The molecule has 5 nitrogen and oxygen atoms in total. The first-order chi connectivity index (χ1) is 25.2. The zero-order valence-corrected chi connectivity index (χ0v) is 33.8. The van der Waals surface area contributed by atoms with E-state index in [0.717, 1.165) is 71.1 Å². The van der Waals surface area contributed by atoms with Gasteiger partial charge in [0.1, 0.15) is 5.82 Å². The Bertz CT molecular complexity index is 2360. The van der Waals surface area contributed by atoms with Crippen LogP contribution in [-0.2, 0) is 39.7 Å². The minimum absolute atomic E-state index is 0. The summed E-state index contributed by atoms with van der Waals surface area (Å²) in [5.41, 5.74) is 12.9. The van der Waals surface area contributed by atoms with E-state index in [9.17, 15) is 0 Å². The van der Waals surface area contributed by atoms with Gasteiger partial charge in [-0.15, -0.1) is 41.3 Å². The fraction of sp³-hybridized carbons (Fsp3) is 0.319. The zero-order chi connectivity index (χ0) is 36.5. The standard InChI is InChI=1S/C47H50N4O.Pd/c1-9-14-41-47(46-32(7)16-13-17-33(46)8)43(15-10-2)51(49-41)36-26-35(31(5)6)27-38(28-36)52-37-20-21-40-39-18-11-12-19-42(39)50(44(40)29-37)45-25-34(22-23-48-45)24-30(3)4;/h11-13,16-23,25-27,30-31H,9-10,14-15,24H2,1-8H3;/q-2;+2. The third-order valence-electron chi connectivity index (χ3n) is 9.97. The van der Waals surface area contributed by atoms with E-state index >= 15 is 0 Å². The van der Waals surface area contributed by atoms with Gasteiger partial charge in [0.25, 0.3) is 0 Å². The van der Waals surface area contributed by atoms with Crippen LogP contribution in [0, 0.1) is 31.9 Å². The Morgan fingerprint density at radius 2 is 1.51 bits per heavy atom. The summed E-state index contributed by atoms with van der Waals surface area (Å²) in [6.07, 6.45) is 6.78. The van der Waals surface area contributed by atoms with Gasteiger partial charge in [0.2, 0.25) is 0 Å². The second kappa shape index (κ2) is 16.3. The van der Waals surface area contributed by atoms with Crippen molar-refractivity contribution >= 4 is 21.8 Å². The third kappa shape index (κ3) is 7.63. The smallest absolute Gasteiger partial charge is 0.509 e. The Hall–Kier alpha value is -4.50.